The van der Waals surface area contributed by atoms with Gasteiger partial charge < -0.3 is 10.1 Å². The summed E-state index contributed by atoms with van der Waals surface area (Å²) in [6.45, 7) is 4.58. The van der Waals surface area contributed by atoms with Crippen LogP contribution in [0.25, 0.3) is 0 Å². The van der Waals surface area contributed by atoms with Crippen molar-refractivity contribution in [2.75, 3.05) is 19.7 Å². The van der Waals surface area contributed by atoms with Gasteiger partial charge in [0.2, 0.25) is 0 Å². The van der Waals surface area contributed by atoms with E-state index in [0.717, 1.165) is 13.1 Å². The quantitative estimate of drug-likeness (QED) is 0.691. The first kappa shape index (κ1) is 15.4. The third-order valence-electron chi connectivity index (χ3n) is 2.59. The van der Waals surface area contributed by atoms with E-state index in [2.05, 4.69) is 28.2 Å². The second kappa shape index (κ2) is 9.34. The fourth-order valence-electron chi connectivity index (χ4n) is 1.65. The van der Waals surface area contributed by atoms with Crippen molar-refractivity contribution in [1.82, 2.24) is 5.32 Å². The maximum atomic E-state index is 13.1. The number of benzene rings is 1. The third-order valence-corrected chi connectivity index (χ3v) is 3.05. The highest BCUT2D eigenvalue weighted by atomic mass is 79.9. The van der Waals surface area contributed by atoms with Crippen LogP contribution in [0.15, 0.2) is 22.7 Å². The summed E-state index contributed by atoms with van der Waals surface area (Å²) in [4.78, 5) is 0. The predicted molar refractivity (Wildman–Crippen MR) is 76.6 cm³/mol. The smallest absolute Gasteiger partial charge is 0.128 e. The Bertz CT molecular complexity index is 326. The van der Waals surface area contributed by atoms with Gasteiger partial charge in [-0.3, -0.25) is 0 Å². The van der Waals surface area contributed by atoms with Crippen molar-refractivity contribution in [3.8, 4) is 5.75 Å². The number of hydrogen-bond acceptors (Lipinski definition) is 2. The molecule has 2 nitrogen and oxygen atoms in total. The highest BCUT2D eigenvalue weighted by molar-refractivity contribution is 9.10. The molecule has 0 aromatic heterocycles. The van der Waals surface area contributed by atoms with Gasteiger partial charge in [-0.25, -0.2) is 4.39 Å². The minimum Gasteiger partial charge on any atom is -0.492 e. The second-order valence-electron chi connectivity index (χ2n) is 4.26. The van der Waals surface area contributed by atoms with Crippen molar-refractivity contribution in [1.29, 1.82) is 0 Å². The van der Waals surface area contributed by atoms with E-state index in [1.807, 2.05) is 0 Å². The molecule has 0 spiro atoms. The van der Waals surface area contributed by atoms with Gasteiger partial charge in [0.15, 0.2) is 0 Å². The van der Waals surface area contributed by atoms with Gasteiger partial charge in [0.1, 0.15) is 18.2 Å². The Balaban J connectivity index is 2.07. The Labute approximate surface area is 117 Å². The minimum atomic E-state index is -0.285. The Hall–Kier alpha value is -0.610. The van der Waals surface area contributed by atoms with Crippen molar-refractivity contribution in [3.63, 3.8) is 0 Å². The lowest BCUT2D eigenvalue weighted by Gasteiger charge is -2.08. The molecule has 0 atom stereocenters. The molecule has 0 aliphatic carbocycles. The molecule has 18 heavy (non-hydrogen) atoms. The van der Waals surface area contributed by atoms with Crippen molar-refractivity contribution in [2.24, 2.45) is 0 Å². The molecule has 102 valence electrons. The lowest BCUT2D eigenvalue weighted by Crippen LogP contribution is -2.22. The van der Waals surface area contributed by atoms with Gasteiger partial charge in [-0.1, -0.05) is 42.1 Å². The van der Waals surface area contributed by atoms with Crippen LogP contribution in [0.3, 0.4) is 0 Å². The maximum absolute atomic E-state index is 13.1. The van der Waals surface area contributed by atoms with Gasteiger partial charge in [0, 0.05) is 17.1 Å². The Morgan fingerprint density at radius 3 is 2.72 bits per heavy atom. The first-order valence-electron chi connectivity index (χ1n) is 6.52. The molecule has 0 saturated heterocycles. The van der Waals surface area contributed by atoms with Crippen molar-refractivity contribution >= 4 is 15.9 Å². The SMILES string of the molecule is CCCCCCNCCOc1cc(F)cc(Br)c1. The fourth-order valence-corrected chi connectivity index (χ4v) is 2.10. The van der Waals surface area contributed by atoms with E-state index >= 15 is 0 Å². The zero-order valence-corrected chi connectivity index (χ0v) is 12.4. The van der Waals surface area contributed by atoms with E-state index in [1.54, 1.807) is 6.07 Å². The van der Waals surface area contributed by atoms with Crippen LogP contribution < -0.4 is 10.1 Å². The molecule has 0 unspecified atom stereocenters. The molecule has 0 amide bonds. The third kappa shape index (κ3) is 6.97. The molecule has 1 N–H and O–H groups in total. The first-order chi connectivity index (χ1) is 8.72. The number of hydrogen-bond donors (Lipinski definition) is 1. The minimum absolute atomic E-state index is 0.285. The molecule has 0 radical (unpaired) electrons. The zero-order chi connectivity index (χ0) is 13.2. The lowest BCUT2D eigenvalue weighted by atomic mass is 10.2. The van der Waals surface area contributed by atoms with Gasteiger partial charge in [0.05, 0.1) is 0 Å². The van der Waals surface area contributed by atoms with Gasteiger partial charge >= 0.3 is 0 Å². The standard InChI is InChI=1S/C14H21BrFNO/c1-2-3-4-5-6-17-7-8-18-14-10-12(15)9-13(16)11-14/h9-11,17H,2-8H2,1H3. The number of halogens is 2. The summed E-state index contributed by atoms with van der Waals surface area (Å²) in [5.41, 5.74) is 0. The van der Waals surface area contributed by atoms with Gasteiger partial charge in [0.25, 0.3) is 0 Å². The van der Waals surface area contributed by atoms with Crippen LogP contribution in [-0.4, -0.2) is 19.7 Å². The van der Waals surface area contributed by atoms with E-state index in [0.29, 0.717) is 16.8 Å². The molecular formula is C14H21BrFNO. The Morgan fingerprint density at radius 2 is 2.00 bits per heavy atom. The molecule has 0 saturated carbocycles. The van der Waals surface area contributed by atoms with Crippen LogP contribution in [-0.2, 0) is 0 Å². The topological polar surface area (TPSA) is 21.3 Å². The second-order valence-corrected chi connectivity index (χ2v) is 5.18. The van der Waals surface area contributed by atoms with Crippen LogP contribution in [0.1, 0.15) is 32.6 Å². The normalized spacial score (nSPS) is 10.6. The molecule has 1 aromatic rings. The molecule has 0 heterocycles. The predicted octanol–water partition coefficient (Wildman–Crippen LogP) is 4.14. The highest BCUT2D eigenvalue weighted by Crippen LogP contribution is 2.20. The number of ether oxygens (including phenoxy) is 1. The first-order valence-corrected chi connectivity index (χ1v) is 7.31. The largest absolute Gasteiger partial charge is 0.492 e. The Morgan fingerprint density at radius 1 is 1.17 bits per heavy atom. The van der Waals surface area contributed by atoms with Crippen LogP contribution in [0, 0.1) is 5.82 Å². The molecule has 0 aliphatic rings. The fraction of sp³-hybridized carbons (Fsp3) is 0.571. The lowest BCUT2D eigenvalue weighted by molar-refractivity contribution is 0.312. The van der Waals surface area contributed by atoms with Crippen molar-refractivity contribution in [3.05, 3.63) is 28.5 Å². The van der Waals surface area contributed by atoms with E-state index in [-0.39, 0.29) is 5.82 Å². The van der Waals surface area contributed by atoms with Crippen molar-refractivity contribution < 1.29 is 9.13 Å². The van der Waals surface area contributed by atoms with E-state index in [4.69, 9.17) is 4.74 Å². The van der Waals surface area contributed by atoms with Gasteiger partial charge in [-0.2, -0.15) is 0 Å². The van der Waals surface area contributed by atoms with Gasteiger partial charge in [-0.05, 0) is 25.1 Å². The van der Waals surface area contributed by atoms with E-state index in [1.165, 1.54) is 37.8 Å². The highest BCUT2D eigenvalue weighted by Gasteiger charge is 1.99. The van der Waals surface area contributed by atoms with Crippen LogP contribution in [0.4, 0.5) is 4.39 Å². The molecule has 1 rings (SSSR count). The number of unbranched alkanes of at least 4 members (excludes halogenated alkanes) is 3. The van der Waals surface area contributed by atoms with E-state index in [9.17, 15) is 4.39 Å². The van der Waals surface area contributed by atoms with Crippen LogP contribution in [0.5, 0.6) is 5.75 Å². The average Bonchev–Trinajstić information content (AvgIpc) is 2.31. The average molecular weight is 318 g/mol. The molecule has 4 heteroatoms. The zero-order valence-electron chi connectivity index (χ0n) is 10.8. The maximum Gasteiger partial charge on any atom is 0.128 e. The number of rotatable bonds is 9. The van der Waals surface area contributed by atoms with Crippen LogP contribution >= 0.6 is 15.9 Å². The number of nitrogens with one attached hydrogen (secondary N) is 1. The summed E-state index contributed by atoms with van der Waals surface area (Å²) in [7, 11) is 0. The summed E-state index contributed by atoms with van der Waals surface area (Å²) >= 11 is 3.24. The summed E-state index contributed by atoms with van der Waals surface area (Å²) in [6.07, 6.45) is 5.05. The molecule has 0 bridgehead atoms. The molecule has 1 aromatic carbocycles. The molecule has 0 fully saturated rings. The summed E-state index contributed by atoms with van der Waals surface area (Å²) in [5.74, 6) is 0.279. The molecule has 0 aliphatic heterocycles. The Kier molecular flexibility index (Phi) is 8.01. The summed E-state index contributed by atoms with van der Waals surface area (Å²) in [5, 5.41) is 3.31. The summed E-state index contributed by atoms with van der Waals surface area (Å²) < 4.78 is 19.2. The van der Waals surface area contributed by atoms with Crippen molar-refractivity contribution in [2.45, 2.75) is 32.6 Å². The summed E-state index contributed by atoms with van der Waals surface area (Å²) in [6, 6.07) is 4.58. The van der Waals surface area contributed by atoms with Gasteiger partial charge in [-0.15, -0.1) is 0 Å². The van der Waals surface area contributed by atoms with Crippen LogP contribution in [0.2, 0.25) is 0 Å². The van der Waals surface area contributed by atoms with E-state index < -0.39 is 0 Å². The monoisotopic (exact) mass is 317 g/mol. The molecular weight excluding hydrogens is 297 g/mol.